The summed E-state index contributed by atoms with van der Waals surface area (Å²) in [5, 5.41) is 11.8. The van der Waals surface area contributed by atoms with Crippen molar-refractivity contribution in [1.82, 2.24) is 4.90 Å². The van der Waals surface area contributed by atoms with Crippen LogP contribution in [0.15, 0.2) is 22.7 Å². The van der Waals surface area contributed by atoms with E-state index in [1.54, 1.807) is 6.07 Å². The summed E-state index contributed by atoms with van der Waals surface area (Å²) in [6, 6.07) is 4.39. The average Bonchev–Trinajstić information content (AvgIpc) is 2.46. The first-order valence-electron chi connectivity index (χ1n) is 6.81. The molecule has 21 heavy (non-hydrogen) atoms. The highest BCUT2D eigenvalue weighted by atomic mass is 79.9. The third kappa shape index (κ3) is 4.26. The van der Waals surface area contributed by atoms with Crippen LogP contribution in [-0.2, 0) is 0 Å². The number of amides is 1. The second kappa shape index (κ2) is 7.35. The minimum Gasteiger partial charge on any atom is -0.338 e. The molecule has 0 radical (unpaired) electrons. The SMILES string of the molecule is O=C(c1cc(Br)cc([N+](=O)[O-])c1)N1CCCC(CCBr)C1. The van der Waals surface area contributed by atoms with E-state index in [0.717, 1.165) is 37.7 Å². The van der Waals surface area contributed by atoms with E-state index in [0.29, 0.717) is 16.0 Å². The van der Waals surface area contributed by atoms with Crippen molar-refractivity contribution in [1.29, 1.82) is 0 Å². The van der Waals surface area contributed by atoms with Crippen molar-refractivity contribution in [3.63, 3.8) is 0 Å². The van der Waals surface area contributed by atoms with E-state index < -0.39 is 4.92 Å². The largest absolute Gasteiger partial charge is 0.338 e. The van der Waals surface area contributed by atoms with E-state index in [2.05, 4.69) is 31.9 Å². The topological polar surface area (TPSA) is 63.4 Å². The van der Waals surface area contributed by atoms with Crippen LogP contribution in [0, 0.1) is 16.0 Å². The van der Waals surface area contributed by atoms with Gasteiger partial charge in [-0.15, -0.1) is 0 Å². The van der Waals surface area contributed by atoms with Crippen molar-refractivity contribution in [2.24, 2.45) is 5.92 Å². The highest BCUT2D eigenvalue weighted by Crippen LogP contribution is 2.25. The lowest BCUT2D eigenvalue weighted by atomic mass is 9.95. The van der Waals surface area contributed by atoms with Crippen LogP contribution in [-0.4, -0.2) is 34.2 Å². The zero-order chi connectivity index (χ0) is 15.4. The van der Waals surface area contributed by atoms with E-state index >= 15 is 0 Å². The molecule has 1 amide bonds. The Morgan fingerprint density at radius 1 is 1.43 bits per heavy atom. The van der Waals surface area contributed by atoms with Crippen molar-refractivity contribution in [3.05, 3.63) is 38.3 Å². The monoisotopic (exact) mass is 418 g/mol. The standard InChI is InChI=1S/C14H16Br2N2O3/c15-4-3-10-2-1-5-17(9-10)14(19)11-6-12(16)8-13(7-11)18(20)21/h6-8,10H,1-5,9H2. The zero-order valence-electron chi connectivity index (χ0n) is 11.4. The van der Waals surface area contributed by atoms with Gasteiger partial charge < -0.3 is 4.90 Å². The smallest absolute Gasteiger partial charge is 0.271 e. The van der Waals surface area contributed by atoms with E-state index in [1.165, 1.54) is 12.1 Å². The Bertz CT molecular complexity index is 549. The number of rotatable bonds is 4. The summed E-state index contributed by atoms with van der Waals surface area (Å²) in [5.41, 5.74) is 0.303. The fourth-order valence-electron chi connectivity index (χ4n) is 2.63. The van der Waals surface area contributed by atoms with Gasteiger partial charge >= 0.3 is 0 Å². The van der Waals surface area contributed by atoms with Crippen LogP contribution in [0.25, 0.3) is 0 Å². The number of nitro groups is 1. The highest BCUT2D eigenvalue weighted by Gasteiger charge is 2.25. The summed E-state index contributed by atoms with van der Waals surface area (Å²) >= 11 is 6.67. The summed E-state index contributed by atoms with van der Waals surface area (Å²) in [7, 11) is 0. The Morgan fingerprint density at radius 2 is 2.19 bits per heavy atom. The first-order chi connectivity index (χ1) is 10.0. The van der Waals surface area contributed by atoms with Gasteiger partial charge in [-0.25, -0.2) is 0 Å². The number of halogens is 2. The minimum atomic E-state index is -0.481. The normalized spacial score (nSPS) is 18.6. The van der Waals surface area contributed by atoms with E-state index in [9.17, 15) is 14.9 Å². The number of non-ortho nitro benzene ring substituents is 1. The lowest BCUT2D eigenvalue weighted by molar-refractivity contribution is -0.385. The molecule has 2 rings (SSSR count). The molecule has 1 saturated heterocycles. The maximum absolute atomic E-state index is 12.5. The summed E-state index contributed by atoms with van der Waals surface area (Å²) in [5.74, 6) is 0.378. The number of nitrogens with zero attached hydrogens (tertiary/aromatic N) is 2. The van der Waals surface area contributed by atoms with Gasteiger partial charge in [0.1, 0.15) is 0 Å². The van der Waals surface area contributed by atoms with E-state index in [-0.39, 0.29) is 11.6 Å². The van der Waals surface area contributed by atoms with Crippen LogP contribution >= 0.6 is 31.9 Å². The second-order valence-corrected chi connectivity index (χ2v) is 6.90. The van der Waals surface area contributed by atoms with Gasteiger partial charge in [-0.05, 0) is 31.2 Å². The fraction of sp³-hybridized carbons (Fsp3) is 0.500. The molecule has 1 aliphatic heterocycles. The Hall–Kier alpha value is -0.950. The zero-order valence-corrected chi connectivity index (χ0v) is 14.6. The van der Waals surface area contributed by atoms with Gasteiger partial charge in [0.05, 0.1) is 4.92 Å². The van der Waals surface area contributed by atoms with Crippen LogP contribution < -0.4 is 0 Å². The lowest BCUT2D eigenvalue weighted by Crippen LogP contribution is -2.40. The molecule has 5 nitrogen and oxygen atoms in total. The predicted octanol–water partition coefficient (Wildman–Crippen LogP) is 3.99. The van der Waals surface area contributed by atoms with Gasteiger partial charge in [0, 0.05) is 40.6 Å². The third-order valence-electron chi connectivity index (χ3n) is 3.66. The van der Waals surface area contributed by atoms with Gasteiger partial charge in [-0.2, -0.15) is 0 Å². The summed E-state index contributed by atoms with van der Waals surface area (Å²) in [6.45, 7) is 1.45. The number of carbonyl (C=O) groups excluding carboxylic acids is 1. The van der Waals surface area contributed by atoms with Gasteiger partial charge in [0.15, 0.2) is 0 Å². The number of benzene rings is 1. The van der Waals surface area contributed by atoms with E-state index in [4.69, 9.17) is 0 Å². The number of nitro benzene ring substituents is 1. The molecule has 0 aliphatic carbocycles. The number of piperidine rings is 1. The molecule has 1 atom stereocenters. The molecule has 0 spiro atoms. The van der Waals surface area contributed by atoms with Crippen molar-refractivity contribution in [3.8, 4) is 0 Å². The number of hydrogen-bond donors (Lipinski definition) is 0. The van der Waals surface area contributed by atoms with Crippen LogP contribution in [0.5, 0.6) is 0 Å². The number of likely N-dealkylation sites (tertiary alicyclic amines) is 1. The molecular weight excluding hydrogens is 404 g/mol. The van der Waals surface area contributed by atoms with Gasteiger partial charge in [-0.1, -0.05) is 31.9 Å². The predicted molar refractivity (Wildman–Crippen MR) is 87.8 cm³/mol. The summed E-state index contributed by atoms with van der Waals surface area (Å²) in [4.78, 5) is 24.8. The molecule has 0 N–H and O–H groups in total. The van der Waals surface area contributed by atoms with Gasteiger partial charge in [-0.3, -0.25) is 14.9 Å². The first kappa shape index (κ1) is 16.4. The van der Waals surface area contributed by atoms with Crippen LogP contribution in [0.1, 0.15) is 29.6 Å². The third-order valence-corrected chi connectivity index (χ3v) is 4.58. The molecule has 0 bridgehead atoms. The Kier molecular flexibility index (Phi) is 5.75. The average molecular weight is 420 g/mol. The Morgan fingerprint density at radius 3 is 2.86 bits per heavy atom. The Labute approximate surface area is 140 Å². The highest BCUT2D eigenvalue weighted by molar-refractivity contribution is 9.10. The Balaban J connectivity index is 2.17. The molecule has 1 aromatic rings. The van der Waals surface area contributed by atoms with Crippen LogP contribution in [0.3, 0.4) is 0 Å². The quantitative estimate of drug-likeness (QED) is 0.421. The maximum atomic E-state index is 12.5. The van der Waals surface area contributed by atoms with Crippen LogP contribution in [0.2, 0.25) is 0 Å². The fourth-order valence-corrected chi connectivity index (χ4v) is 3.75. The van der Waals surface area contributed by atoms with Gasteiger partial charge in [0.2, 0.25) is 0 Å². The van der Waals surface area contributed by atoms with Crippen molar-refractivity contribution < 1.29 is 9.72 Å². The minimum absolute atomic E-state index is 0.0678. The number of alkyl halides is 1. The van der Waals surface area contributed by atoms with Crippen molar-refractivity contribution >= 4 is 43.5 Å². The van der Waals surface area contributed by atoms with Gasteiger partial charge in [0.25, 0.3) is 11.6 Å². The molecule has 0 aromatic heterocycles. The number of carbonyl (C=O) groups is 1. The lowest BCUT2D eigenvalue weighted by Gasteiger charge is -2.32. The molecule has 1 aromatic carbocycles. The van der Waals surface area contributed by atoms with E-state index in [1.807, 2.05) is 4.90 Å². The van der Waals surface area contributed by atoms with Crippen molar-refractivity contribution in [2.75, 3.05) is 18.4 Å². The molecule has 1 fully saturated rings. The summed E-state index contributed by atoms with van der Waals surface area (Å²) in [6.07, 6.45) is 3.16. The van der Waals surface area contributed by atoms with Crippen LogP contribution in [0.4, 0.5) is 5.69 Å². The second-order valence-electron chi connectivity index (χ2n) is 5.19. The molecule has 114 valence electrons. The molecule has 1 aliphatic rings. The maximum Gasteiger partial charge on any atom is 0.271 e. The molecular formula is C14H16Br2N2O3. The van der Waals surface area contributed by atoms with Crippen molar-refractivity contribution in [2.45, 2.75) is 19.3 Å². The molecule has 0 saturated carbocycles. The molecule has 1 unspecified atom stereocenters. The molecule has 1 heterocycles. The summed E-state index contributed by atoms with van der Waals surface area (Å²) < 4.78 is 0.550. The first-order valence-corrected chi connectivity index (χ1v) is 8.73. The molecule has 7 heteroatoms. The number of hydrogen-bond acceptors (Lipinski definition) is 3.